The quantitative estimate of drug-likeness (QED) is 0.710. The predicted octanol–water partition coefficient (Wildman–Crippen LogP) is 3.82. The molecule has 0 fully saturated rings. The molecule has 2 N–H and O–H groups in total. The summed E-state index contributed by atoms with van der Waals surface area (Å²) in [6, 6.07) is 19.1. The highest BCUT2D eigenvalue weighted by atomic mass is 16.5. The van der Waals surface area contributed by atoms with Gasteiger partial charge in [-0.2, -0.15) is 0 Å². The van der Waals surface area contributed by atoms with E-state index in [9.17, 15) is 9.59 Å². The van der Waals surface area contributed by atoms with Crippen LogP contribution in [-0.2, 0) is 9.59 Å². The molecule has 3 aromatic rings. The Morgan fingerprint density at radius 2 is 1.92 bits per heavy atom. The van der Waals surface area contributed by atoms with Gasteiger partial charge in [-0.05, 0) is 40.6 Å². The molecule has 3 aromatic carbocycles. The van der Waals surface area contributed by atoms with Crippen LogP contribution in [0.3, 0.4) is 0 Å². The van der Waals surface area contributed by atoms with Crippen molar-refractivity contribution in [2.45, 2.75) is 0 Å². The fraction of sp³-hybridized carbons (Fsp3) is 0.0476. The number of hydrogen-bond acceptors (Lipinski definition) is 3. The summed E-state index contributed by atoms with van der Waals surface area (Å²) in [5.74, 6) is 0.131. The lowest BCUT2D eigenvalue weighted by Gasteiger charge is -2.18. The van der Waals surface area contributed by atoms with Crippen LogP contribution in [0.5, 0.6) is 5.75 Å². The van der Waals surface area contributed by atoms with Gasteiger partial charge in [-0.3, -0.25) is 9.59 Å². The zero-order valence-corrected chi connectivity index (χ0v) is 13.9. The first-order valence-corrected chi connectivity index (χ1v) is 8.22. The van der Waals surface area contributed by atoms with Gasteiger partial charge in [-0.25, -0.2) is 0 Å². The SMILES string of the molecule is O=C(/C=C/c1cccc2ccccc12)Nc1ccc2c(c1)NC(=O)CO2. The zero-order chi connectivity index (χ0) is 17.9. The molecule has 0 bridgehead atoms. The van der Waals surface area contributed by atoms with E-state index < -0.39 is 0 Å². The molecule has 0 aliphatic carbocycles. The van der Waals surface area contributed by atoms with Crippen LogP contribution in [0.4, 0.5) is 11.4 Å². The van der Waals surface area contributed by atoms with Gasteiger partial charge in [0.05, 0.1) is 5.69 Å². The van der Waals surface area contributed by atoms with Crippen molar-refractivity contribution in [2.75, 3.05) is 17.2 Å². The third-order valence-electron chi connectivity index (χ3n) is 4.12. The average molecular weight is 344 g/mol. The minimum absolute atomic E-state index is 0.00642. The van der Waals surface area contributed by atoms with Crippen LogP contribution in [0, 0.1) is 0 Å². The van der Waals surface area contributed by atoms with Crippen LogP contribution in [0.25, 0.3) is 16.8 Å². The second-order valence-electron chi connectivity index (χ2n) is 5.94. The molecule has 1 heterocycles. The van der Waals surface area contributed by atoms with Gasteiger partial charge in [0, 0.05) is 11.8 Å². The second-order valence-corrected chi connectivity index (χ2v) is 5.94. The third-order valence-corrected chi connectivity index (χ3v) is 4.12. The Bertz CT molecular complexity index is 1040. The highest BCUT2D eigenvalue weighted by molar-refractivity contribution is 6.04. The van der Waals surface area contributed by atoms with Crippen LogP contribution in [-0.4, -0.2) is 18.4 Å². The molecule has 0 aromatic heterocycles. The number of nitrogens with one attached hydrogen (secondary N) is 2. The molecule has 0 saturated carbocycles. The molecule has 5 heteroatoms. The summed E-state index contributed by atoms with van der Waals surface area (Å²) < 4.78 is 5.30. The topological polar surface area (TPSA) is 67.4 Å². The minimum Gasteiger partial charge on any atom is -0.482 e. The lowest BCUT2D eigenvalue weighted by molar-refractivity contribution is -0.118. The van der Waals surface area contributed by atoms with E-state index >= 15 is 0 Å². The van der Waals surface area contributed by atoms with Crippen molar-refractivity contribution in [3.05, 3.63) is 72.3 Å². The number of ether oxygens (including phenoxy) is 1. The Morgan fingerprint density at radius 3 is 2.85 bits per heavy atom. The summed E-state index contributed by atoms with van der Waals surface area (Å²) in [6.45, 7) is 0.00642. The first-order chi connectivity index (χ1) is 12.7. The molecule has 0 radical (unpaired) electrons. The van der Waals surface area contributed by atoms with E-state index in [1.807, 2.05) is 42.5 Å². The Kier molecular flexibility index (Phi) is 4.11. The number of amides is 2. The monoisotopic (exact) mass is 344 g/mol. The maximum atomic E-state index is 12.2. The Morgan fingerprint density at radius 1 is 1.08 bits per heavy atom. The van der Waals surface area contributed by atoms with E-state index in [1.165, 1.54) is 6.08 Å². The van der Waals surface area contributed by atoms with Crippen molar-refractivity contribution in [3.8, 4) is 5.75 Å². The molecule has 0 saturated heterocycles. The average Bonchev–Trinajstić information content (AvgIpc) is 2.66. The molecular formula is C21H16N2O3. The van der Waals surface area contributed by atoms with Crippen LogP contribution >= 0.6 is 0 Å². The normalized spacial score (nSPS) is 13.2. The van der Waals surface area contributed by atoms with Crippen molar-refractivity contribution < 1.29 is 14.3 Å². The Labute approximate surface area is 150 Å². The molecule has 128 valence electrons. The van der Waals surface area contributed by atoms with Gasteiger partial charge in [-0.1, -0.05) is 42.5 Å². The van der Waals surface area contributed by atoms with Crippen molar-refractivity contribution in [3.63, 3.8) is 0 Å². The summed E-state index contributed by atoms with van der Waals surface area (Å²) in [5, 5.41) is 7.73. The fourth-order valence-corrected chi connectivity index (χ4v) is 2.91. The van der Waals surface area contributed by atoms with Crippen molar-refractivity contribution in [2.24, 2.45) is 0 Å². The Balaban J connectivity index is 1.51. The van der Waals surface area contributed by atoms with Crippen molar-refractivity contribution >= 4 is 40.0 Å². The van der Waals surface area contributed by atoms with E-state index in [0.717, 1.165) is 16.3 Å². The maximum absolute atomic E-state index is 12.2. The summed E-state index contributed by atoms with van der Waals surface area (Å²) in [4.78, 5) is 23.6. The van der Waals surface area contributed by atoms with Crippen LogP contribution in [0.1, 0.15) is 5.56 Å². The second kappa shape index (κ2) is 6.72. The van der Waals surface area contributed by atoms with Gasteiger partial charge in [0.1, 0.15) is 5.75 Å². The van der Waals surface area contributed by atoms with E-state index in [4.69, 9.17) is 4.74 Å². The third kappa shape index (κ3) is 3.28. The molecule has 0 atom stereocenters. The van der Waals surface area contributed by atoms with Crippen LogP contribution in [0.15, 0.2) is 66.7 Å². The molecule has 1 aliphatic heterocycles. The smallest absolute Gasteiger partial charge is 0.262 e. The van der Waals surface area contributed by atoms with Crippen molar-refractivity contribution in [1.82, 2.24) is 0 Å². The summed E-state index contributed by atoms with van der Waals surface area (Å²) in [5.41, 5.74) is 2.11. The molecule has 1 aliphatic rings. The van der Waals surface area contributed by atoms with E-state index in [2.05, 4.69) is 10.6 Å². The highest BCUT2D eigenvalue weighted by Crippen LogP contribution is 2.30. The van der Waals surface area contributed by atoms with Crippen LogP contribution < -0.4 is 15.4 Å². The fourth-order valence-electron chi connectivity index (χ4n) is 2.91. The lowest BCUT2D eigenvalue weighted by Crippen LogP contribution is -2.25. The first kappa shape index (κ1) is 15.9. The first-order valence-electron chi connectivity index (χ1n) is 8.22. The standard InChI is InChI=1S/C21H16N2O3/c24-20(11-8-15-6-3-5-14-4-1-2-7-17(14)15)22-16-9-10-19-18(12-16)23-21(25)13-26-19/h1-12H,13H2,(H,22,24)(H,23,25)/b11-8+. The van der Waals surface area contributed by atoms with Gasteiger partial charge < -0.3 is 15.4 Å². The van der Waals surface area contributed by atoms with E-state index in [0.29, 0.717) is 17.1 Å². The molecule has 0 unspecified atom stereocenters. The minimum atomic E-state index is -0.249. The number of anilines is 2. The largest absolute Gasteiger partial charge is 0.482 e. The number of rotatable bonds is 3. The van der Waals surface area contributed by atoms with Gasteiger partial charge in [0.25, 0.3) is 5.91 Å². The zero-order valence-electron chi connectivity index (χ0n) is 13.9. The van der Waals surface area contributed by atoms with Gasteiger partial charge >= 0.3 is 0 Å². The Hall–Kier alpha value is -3.60. The molecule has 4 rings (SSSR count). The molecule has 26 heavy (non-hydrogen) atoms. The number of carbonyl (C=O) groups excluding carboxylic acids is 2. The maximum Gasteiger partial charge on any atom is 0.262 e. The van der Waals surface area contributed by atoms with Gasteiger partial charge in [0.2, 0.25) is 5.91 Å². The van der Waals surface area contributed by atoms with E-state index in [-0.39, 0.29) is 18.4 Å². The van der Waals surface area contributed by atoms with E-state index in [1.54, 1.807) is 24.3 Å². The van der Waals surface area contributed by atoms with Crippen LogP contribution in [0.2, 0.25) is 0 Å². The summed E-state index contributed by atoms with van der Waals surface area (Å²) in [6.07, 6.45) is 3.29. The summed E-state index contributed by atoms with van der Waals surface area (Å²) >= 11 is 0. The lowest BCUT2D eigenvalue weighted by atomic mass is 10.0. The number of hydrogen-bond donors (Lipinski definition) is 2. The van der Waals surface area contributed by atoms with Gasteiger partial charge in [-0.15, -0.1) is 0 Å². The number of fused-ring (bicyclic) bond motifs is 2. The predicted molar refractivity (Wildman–Crippen MR) is 102 cm³/mol. The molecule has 2 amide bonds. The molecule has 5 nitrogen and oxygen atoms in total. The molecular weight excluding hydrogens is 328 g/mol. The van der Waals surface area contributed by atoms with Crippen molar-refractivity contribution in [1.29, 1.82) is 0 Å². The molecule has 0 spiro atoms. The summed E-state index contributed by atoms with van der Waals surface area (Å²) in [7, 11) is 0. The number of carbonyl (C=O) groups is 2. The highest BCUT2D eigenvalue weighted by Gasteiger charge is 2.16. The van der Waals surface area contributed by atoms with Gasteiger partial charge in [0.15, 0.2) is 6.61 Å². The number of benzene rings is 3.